The fourth-order valence-electron chi connectivity index (χ4n) is 7.50. The fourth-order valence-corrected chi connectivity index (χ4v) is 7.50. The van der Waals surface area contributed by atoms with Crippen LogP contribution in [0, 0.1) is 11.8 Å². The van der Waals surface area contributed by atoms with Crippen LogP contribution in [-0.2, 0) is 19.1 Å². The van der Waals surface area contributed by atoms with Crippen molar-refractivity contribution in [3.8, 4) is 22.4 Å². The van der Waals surface area contributed by atoms with Gasteiger partial charge in [-0.15, -0.1) is 0 Å². The minimum Gasteiger partial charge on any atom is -0.453 e. The summed E-state index contributed by atoms with van der Waals surface area (Å²) in [5, 5.41) is 5.59. The molecule has 6 rings (SSSR count). The number of carbonyl (C=O) groups is 4. The summed E-state index contributed by atoms with van der Waals surface area (Å²) in [5.41, 5.74) is 5.65. The maximum atomic E-state index is 13.5. The number of hydrogen-bond donors (Lipinski definition) is 4. The van der Waals surface area contributed by atoms with E-state index in [9.17, 15) is 19.2 Å². The third kappa shape index (κ3) is 8.53. The number of aromatic nitrogens is 4. The van der Waals surface area contributed by atoms with Gasteiger partial charge in [-0.1, -0.05) is 58.0 Å². The SMILES string of the molecule is COC(=O)N[C@@H](CC(=O)N1CCC[C@H]1c1ncc(-c2ccc(-c3ccc4nc([C@@H]5CCCN5C(=O)C[C@H](NC(=O)OC)C(C)C)[nH]c4c3)cc2)[nH]1)C(C)C. The van der Waals surface area contributed by atoms with Crippen molar-refractivity contribution in [2.75, 3.05) is 27.3 Å². The lowest BCUT2D eigenvalue weighted by molar-refractivity contribution is -0.133. The lowest BCUT2D eigenvalue weighted by Crippen LogP contribution is -2.43. The molecule has 4 heterocycles. The molecule has 14 nitrogen and oxygen atoms in total. The topological polar surface area (TPSA) is 175 Å². The number of amides is 4. The number of hydrogen-bond acceptors (Lipinski definition) is 8. The molecule has 2 aliphatic rings. The second-order valence-corrected chi connectivity index (χ2v) is 15.0. The van der Waals surface area contributed by atoms with Gasteiger partial charge in [0.25, 0.3) is 0 Å². The average Bonchev–Trinajstić information content (AvgIpc) is 3.99. The molecule has 288 valence electrons. The van der Waals surface area contributed by atoms with E-state index in [1.165, 1.54) is 14.2 Å². The van der Waals surface area contributed by atoms with E-state index in [0.29, 0.717) is 13.1 Å². The Hall–Kier alpha value is -5.40. The Morgan fingerprint density at radius 1 is 0.741 bits per heavy atom. The van der Waals surface area contributed by atoms with Crippen LogP contribution in [0.5, 0.6) is 0 Å². The van der Waals surface area contributed by atoms with Crippen LogP contribution in [0.2, 0.25) is 0 Å². The molecule has 0 unspecified atom stereocenters. The monoisotopic (exact) mass is 740 g/mol. The number of rotatable bonds is 12. The van der Waals surface area contributed by atoms with Gasteiger partial charge in [0.1, 0.15) is 11.6 Å². The fraction of sp³-hybridized carbons (Fsp3) is 0.500. The summed E-state index contributed by atoms with van der Waals surface area (Å²) in [4.78, 5) is 70.9. The van der Waals surface area contributed by atoms with Gasteiger partial charge in [0, 0.05) is 38.0 Å². The van der Waals surface area contributed by atoms with E-state index in [1.54, 1.807) is 0 Å². The summed E-state index contributed by atoms with van der Waals surface area (Å²) < 4.78 is 9.52. The second kappa shape index (κ2) is 16.7. The predicted molar refractivity (Wildman–Crippen MR) is 204 cm³/mol. The number of alkyl carbamates (subject to hydrolysis) is 2. The zero-order valence-electron chi connectivity index (χ0n) is 32.0. The molecule has 0 bridgehead atoms. The molecule has 0 aliphatic carbocycles. The molecule has 14 heteroatoms. The molecule has 2 fully saturated rings. The molecule has 0 radical (unpaired) electrons. The Morgan fingerprint density at radius 2 is 1.26 bits per heavy atom. The summed E-state index contributed by atoms with van der Waals surface area (Å²) in [5.74, 6) is 1.62. The molecule has 2 aliphatic heterocycles. The van der Waals surface area contributed by atoms with Crippen LogP contribution in [0.1, 0.15) is 90.0 Å². The zero-order valence-corrected chi connectivity index (χ0v) is 32.0. The highest BCUT2D eigenvalue weighted by Crippen LogP contribution is 2.35. The number of ether oxygens (including phenoxy) is 2. The maximum absolute atomic E-state index is 13.5. The van der Waals surface area contributed by atoms with Gasteiger partial charge in [-0.05, 0) is 66.3 Å². The lowest BCUT2D eigenvalue weighted by atomic mass is 10.00. The van der Waals surface area contributed by atoms with E-state index in [-0.39, 0.29) is 60.7 Å². The largest absolute Gasteiger partial charge is 0.453 e. The molecule has 2 aromatic carbocycles. The molecule has 54 heavy (non-hydrogen) atoms. The molecule has 2 aromatic heterocycles. The number of benzene rings is 2. The van der Waals surface area contributed by atoms with Crippen molar-refractivity contribution in [3.63, 3.8) is 0 Å². The third-order valence-corrected chi connectivity index (χ3v) is 10.8. The Bertz CT molecular complexity index is 1950. The van der Waals surface area contributed by atoms with E-state index in [4.69, 9.17) is 14.5 Å². The quantitative estimate of drug-likeness (QED) is 0.128. The molecule has 4 amide bonds. The number of H-pyrrole nitrogens is 2. The number of methoxy groups -OCH3 is 2. The van der Waals surface area contributed by atoms with Crippen LogP contribution < -0.4 is 10.6 Å². The average molecular weight is 741 g/mol. The Morgan fingerprint density at radius 3 is 1.80 bits per heavy atom. The summed E-state index contributed by atoms with van der Waals surface area (Å²) in [6.45, 7) is 9.18. The number of aromatic amines is 2. The maximum Gasteiger partial charge on any atom is 0.407 e. The first-order chi connectivity index (χ1) is 25.9. The van der Waals surface area contributed by atoms with Gasteiger partial charge in [-0.2, -0.15) is 0 Å². The van der Waals surface area contributed by atoms with Crippen LogP contribution >= 0.6 is 0 Å². The Kier molecular flexibility index (Phi) is 11.9. The van der Waals surface area contributed by atoms with E-state index >= 15 is 0 Å². The highest BCUT2D eigenvalue weighted by molar-refractivity contribution is 5.83. The van der Waals surface area contributed by atoms with Crippen LogP contribution in [0.3, 0.4) is 0 Å². The van der Waals surface area contributed by atoms with Gasteiger partial charge < -0.3 is 39.9 Å². The van der Waals surface area contributed by atoms with Crippen molar-refractivity contribution in [3.05, 3.63) is 60.3 Å². The zero-order chi connectivity index (χ0) is 38.5. The smallest absolute Gasteiger partial charge is 0.407 e. The van der Waals surface area contributed by atoms with Gasteiger partial charge in [-0.3, -0.25) is 9.59 Å². The van der Waals surface area contributed by atoms with Crippen LogP contribution in [0.25, 0.3) is 33.4 Å². The van der Waals surface area contributed by atoms with Crippen LogP contribution in [0.15, 0.2) is 48.7 Å². The third-order valence-electron chi connectivity index (χ3n) is 10.8. The molecule has 0 spiro atoms. The van der Waals surface area contributed by atoms with Crippen molar-refractivity contribution < 1.29 is 28.7 Å². The Labute approximate surface area is 315 Å². The number of imidazole rings is 2. The highest BCUT2D eigenvalue weighted by atomic mass is 16.5. The first-order valence-corrected chi connectivity index (χ1v) is 18.9. The number of nitrogens with zero attached hydrogens (tertiary/aromatic N) is 4. The Balaban J connectivity index is 1.12. The molecule has 2 saturated heterocycles. The number of nitrogens with one attached hydrogen (secondary N) is 4. The van der Waals surface area contributed by atoms with E-state index in [1.807, 2.05) is 49.8 Å². The first kappa shape index (κ1) is 38.3. The standard InChI is InChI=1S/C40H52N8O6/c1-23(2)29(45-39(51)53-5)20-35(49)47-17-7-9-33(47)37-41-22-32(44-37)26-13-11-25(12-14-26)27-15-16-28-31(19-27)43-38(42-28)34-10-8-18-48(34)36(50)21-30(24(3)4)46-40(52)54-6/h11-16,19,22-24,29-30,33-34H,7-10,17-18,20-21H2,1-6H3,(H,41,44)(H,42,43)(H,45,51)(H,46,52)/t29-,30-,33-,34-/m0/s1. The van der Waals surface area contributed by atoms with Gasteiger partial charge in [0.2, 0.25) is 11.8 Å². The van der Waals surface area contributed by atoms with Crippen molar-refractivity contribution in [1.29, 1.82) is 0 Å². The number of fused-ring (bicyclic) bond motifs is 1. The van der Waals surface area contributed by atoms with Gasteiger partial charge in [0.15, 0.2) is 0 Å². The minimum absolute atomic E-state index is 0.0166. The van der Waals surface area contributed by atoms with Crippen LogP contribution in [-0.4, -0.2) is 93.1 Å². The van der Waals surface area contributed by atoms with E-state index < -0.39 is 12.2 Å². The molecule has 0 saturated carbocycles. The van der Waals surface area contributed by atoms with Crippen LogP contribution in [0.4, 0.5) is 9.59 Å². The minimum atomic E-state index is -0.540. The first-order valence-electron chi connectivity index (χ1n) is 18.9. The molecule has 4 atom stereocenters. The van der Waals surface area contributed by atoms with Gasteiger partial charge >= 0.3 is 12.2 Å². The van der Waals surface area contributed by atoms with E-state index in [0.717, 1.165) is 70.7 Å². The van der Waals surface area contributed by atoms with Gasteiger partial charge in [-0.25, -0.2) is 19.6 Å². The van der Waals surface area contributed by atoms with Gasteiger partial charge in [0.05, 0.1) is 49.2 Å². The summed E-state index contributed by atoms with van der Waals surface area (Å²) in [6, 6.07) is 13.4. The van der Waals surface area contributed by atoms with E-state index in [2.05, 4.69) is 62.0 Å². The molecule has 4 aromatic rings. The van der Waals surface area contributed by atoms with Crippen molar-refractivity contribution >= 4 is 35.0 Å². The molecular formula is C40H52N8O6. The predicted octanol–water partition coefficient (Wildman–Crippen LogP) is 6.49. The normalized spacial score (nSPS) is 18.3. The number of carbonyl (C=O) groups excluding carboxylic acids is 4. The van der Waals surface area contributed by atoms with Crippen molar-refractivity contribution in [2.45, 2.75) is 90.4 Å². The highest BCUT2D eigenvalue weighted by Gasteiger charge is 2.35. The number of likely N-dealkylation sites (tertiary alicyclic amines) is 2. The lowest BCUT2D eigenvalue weighted by Gasteiger charge is -2.27. The van der Waals surface area contributed by atoms with Crippen molar-refractivity contribution in [1.82, 2.24) is 40.4 Å². The summed E-state index contributed by atoms with van der Waals surface area (Å²) in [6.07, 6.45) is 4.51. The summed E-state index contributed by atoms with van der Waals surface area (Å²) >= 11 is 0. The summed E-state index contributed by atoms with van der Waals surface area (Å²) in [7, 11) is 2.64. The second-order valence-electron chi connectivity index (χ2n) is 15.0. The molecular weight excluding hydrogens is 688 g/mol. The molecule has 4 N–H and O–H groups in total. The van der Waals surface area contributed by atoms with Crippen molar-refractivity contribution in [2.24, 2.45) is 11.8 Å².